The van der Waals surface area contributed by atoms with Gasteiger partial charge in [0.05, 0.1) is 17.8 Å². The Hall–Kier alpha value is -0.620. The van der Waals surface area contributed by atoms with E-state index in [2.05, 4.69) is 0 Å². The summed E-state index contributed by atoms with van der Waals surface area (Å²) in [5.74, 6) is -1.18. The fourth-order valence-electron chi connectivity index (χ4n) is 2.15. The van der Waals surface area contributed by atoms with E-state index in [1.807, 2.05) is 6.92 Å². The van der Waals surface area contributed by atoms with Crippen LogP contribution in [-0.2, 0) is 19.6 Å². The number of unbranched alkanes of at least 4 members (excludes halogenated alkanes) is 1. The predicted molar refractivity (Wildman–Crippen MR) is 63.2 cm³/mol. The Morgan fingerprint density at radius 2 is 2.00 bits per heavy atom. The van der Waals surface area contributed by atoms with Crippen molar-refractivity contribution in [1.29, 1.82) is 0 Å². The summed E-state index contributed by atoms with van der Waals surface area (Å²) < 4.78 is 36.5. The van der Waals surface area contributed by atoms with Crippen molar-refractivity contribution >= 4 is 16.1 Å². The first-order valence-electron chi connectivity index (χ1n) is 6.09. The van der Waals surface area contributed by atoms with Crippen LogP contribution in [0.1, 0.15) is 45.4 Å². The van der Waals surface area contributed by atoms with Crippen LogP contribution in [0.3, 0.4) is 0 Å². The van der Waals surface area contributed by atoms with Crippen molar-refractivity contribution < 1.29 is 22.5 Å². The molecule has 6 heteroatoms. The largest absolute Gasteiger partial charge is 0.465 e. The van der Waals surface area contributed by atoms with Crippen LogP contribution in [0.2, 0.25) is 0 Å². The predicted octanol–water partition coefficient (Wildman–Crippen LogP) is 1.78. The van der Waals surface area contributed by atoms with E-state index in [9.17, 15) is 13.2 Å². The summed E-state index contributed by atoms with van der Waals surface area (Å²) in [4.78, 5) is 11.7. The molecule has 5 nitrogen and oxygen atoms in total. The average molecular weight is 264 g/mol. The lowest BCUT2D eigenvalue weighted by Crippen LogP contribution is -2.38. The van der Waals surface area contributed by atoms with E-state index in [1.165, 1.54) is 0 Å². The van der Waals surface area contributed by atoms with Gasteiger partial charge in [-0.25, -0.2) is 0 Å². The molecular formula is C11H20O5S. The van der Waals surface area contributed by atoms with E-state index in [0.717, 1.165) is 25.7 Å². The number of carbonyl (C=O) groups is 1. The molecule has 0 aromatic carbocycles. The molecule has 1 saturated carbocycles. The molecule has 2 atom stereocenters. The molecule has 0 heterocycles. The van der Waals surface area contributed by atoms with E-state index < -0.39 is 27.3 Å². The molecule has 0 aromatic heterocycles. The van der Waals surface area contributed by atoms with Crippen LogP contribution < -0.4 is 0 Å². The first kappa shape index (κ1) is 14.4. The maximum Gasteiger partial charge on any atom is 0.310 e. The molecule has 0 aliphatic heterocycles. The molecule has 1 N–H and O–H groups in total. The molecular weight excluding hydrogens is 244 g/mol. The van der Waals surface area contributed by atoms with Crippen molar-refractivity contribution in [3.8, 4) is 0 Å². The van der Waals surface area contributed by atoms with Crippen molar-refractivity contribution in [1.82, 2.24) is 0 Å². The fourth-order valence-corrected chi connectivity index (χ4v) is 3.27. The summed E-state index contributed by atoms with van der Waals surface area (Å²) in [7, 11) is -4.15. The van der Waals surface area contributed by atoms with Gasteiger partial charge in [0.2, 0.25) is 0 Å². The topological polar surface area (TPSA) is 80.7 Å². The lowest BCUT2D eigenvalue weighted by Gasteiger charge is -2.27. The molecule has 17 heavy (non-hydrogen) atoms. The van der Waals surface area contributed by atoms with Gasteiger partial charge in [0, 0.05) is 0 Å². The summed E-state index contributed by atoms with van der Waals surface area (Å²) >= 11 is 0. The maximum absolute atomic E-state index is 11.7. The number of carbonyl (C=O) groups excluding carboxylic acids is 1. The Morgan fingerprint density at radius 3 is 2.59 bits per heavy atom. The molecule has 0 amide bonds. The van der Waals surface area contributed by atoms with E-state index in [1.54, 1.807) is 0 Å². The fraction of sp³-hybridized carbons (Fsp3) is 0.909. The first-order valence-corrected chi connectivity index (χ1v) is 7.60. The Morgan fingerprint density at radius 1 is 1.35 bits per heavy atom. The molecule has 0 radical (unpaired) electrons. The Labute approximate surface area is 102 Å². The van der Waals surface area contributed by atoms with Gasteiger partial charge < -0.3 is 4.74 Å². The second-order valence-corrected chi connectivity index (χ2v) is 6.10. The summed E-state index contributed by atoms with van der Waals surface area (Å²) in [6, 6.07) is 0. The number of hydrogen-bond donors (Lipinski definition) is 1. The highest BCUT2D eigenvalue weighted by molar-refractivity contribution is 7.86. The van der Waals surface area contributed by atoms with Gasteiger partial charge in [-0.05, 0) is 19.3 Å². The number of hydrogen-bond acceptors (Lipinski definition) is 4. The zero-order chi connectivity index (χ0) is 12.9. The van der Waals surface area contributed by atoms with Crippen molar-refractivity contribution in [2.24, 2.45) is 5.92 Å². The van der Waals surface area contributed by atoms with Gasteiger partial charge in [-0.3, -0.25) is 9.35 Å². The molecule has 0 spiro atoms. The highest BCUT2D eigenvalue weighted by Crippen LogP contribution is 2.30. The molecule has 1 aliphatic rings. The molecule has 1 rings (SSSR count). The molecule has 2 unspecified atom stereocenters. The van der Waals surface area contributed by atoms with Gasteiger partial charge in [0.15, 0.2) is 0 Å². The summed E-state index contributed by atoms with van der Waals surface area (Å²) in [6.07, 6.45) is 4.04. The highest BCUT2D eigenvalue weighted by atomic mass is 32.2. The van der Waals surface area contributed by atoms with E-state index >= 15 is 0 Å². The monoisotopic (exact) mass is 264 g/mol. The van der Waals surface area contributed by atoms with Crippen LogP contribution in [0, 0.1) is 5.92 Å². The zero-order valence-corrected chi connectivity index (χ0v) is 10.9. The van der Waals surface area contributed by atoms with Crippen molar-refractivity contribution in [2.75, 3.05) is 6.61 Å². The maximum atomic E-state index is 11.7. The second kappa shape index (κ2) is 6.35. The smallest absolute Gasteiger partial charge is 0.310 e. The molecule has 0 aromatic rings. The van der Waals surface area contributed by atoms with Gasteiger partial charge >= 0.3 is 5.97 Å². The Bertz CT molecular complexity index is 349. The third kappa shape index (κ3) is 4.27. The average Bonchev–Trinajstić information content (AvgIpc) is 2.28. The summed E-state index contributed by atoms with van der Waals surface area (Å²) in [6.45, 7) is 2.31. The van der Waals surface area contributed by atoms with E-state index in [0.29, 0.717) is 19.4 Å². The van der Waals surface area contributed by atoms with Gasteiger partial charge in [-0.2, -0.15) is 8.42 Å². The minimum Gasteiger partial charge on any atom is -0.465 e. The SMILES string of the molecule is CCCCOC(=O)C1CCCCC1S(=O)(=O)O. The molecule has 0 bridgehead atoms. The number of rotatable bonds is 5. The normalized spacial score (nSPS) is 25.5. The molecule has 1 aliphatic carbocycles. The highest BCUT2D eigenvalue weighted by Gasteiger charge is 2.39. The lowest BCUT2D eigenvalue weighted by atomic mass is 9.89. The van der Waals surface area contributed by atoms with Crippen LogP contribution in [0.15, 0.2) is 0 Å². The molecule has 0 saturated heterocycles. The van der Waals surface area contributed by atoms with Gasteiger partial charge in [0.25, 0.3) is 10.1 Å². The van der Waals surface area contributed by atoms with Crippen LogP contribution in [0.4, 0.5) is 0 Å². The van der Waals surface area contributed by atoms with Gasteiger partial charge in [-0.15, -0.1) is 0 Å². The first-order chi connectivity index (χ1) is 7.96. The quantitative estimate of drug-likeness (QED) is 0.465. The Balaban J connectivity index is 2.62. The zero-order valence-electron chi connectivity index (χ0n) is 10.1. The van der Waals surface area contributed by atoms with Crippen molar-refractivity contribution in [3.63, 3.8) is 0 Å². The summed E-state index contributed by atoms with van der Waals surface area (Å²) in [5, 5.41) is -0.981. The standard InChI is InChI=1S/C11H20O5S/c1-2-3-8-16-11(12)9-6-4-5-7-10(9)17(13,14)15/h9-10H,2-8H2,1H3,(H,13,14,15). The van der Waals surface area contributed by atoms with Crippen LogP contribution >= 0.6 is 0 Å². The minimum atomic E-state index is -4.15. The van der Waals surface area contributed by atoms with Gasteiger partial charge in [0.1, 0.15) is 0 Å². The third-order valence-electron chi connectivity index (χ3n) is 3.13. The van der Waals surface area contributed by atoms with Crippen molar-refractivity contribution in [3.05, 3.63) is 0 Å². The van der Waals surface area contributed by atoms with Crippen LogP contribution in [-0.4, -0.2) is 30.8 Å². The number of ether oxygens (including phenoxy) is 1. The van der Waals surface area contributed by atoms with Crippen LogP contribution in [0.25, 0.3) is 0 Å². The molecule has 100 valence electrons. The second-order valence-electron chi connectivity index (χ2n) is 4.47. The van der Waals surface area contributed by atoms with Gasteiger partial charge in [-0.1, -0.05) is 26.2 Å². The molecule has 1 fully saturated rings. The Kier molecular flexibility index (Phi) is 5.39. The lowest BCUT2D eigenvalue weighted by molar-refractivity contribution is -0.149. The van der Waals surface area contributed by atoms with Crippen molar-refractivity contribution in [2.45, 2.75) is 50.7 Å². The summed E-state index contributed by atoms with van der Waals surface area (Å²) in [5.41, 5.74) is 0. The van der Waals surface area contributed by atoms with E-state index in [-0.39, 0.29) is 0 Å². The minimum absolute atomic E-state index is 0.323. The van der Waals surface area contributed by atoms with E-state index in [4.69, 9.17) is 9.29 Å². The van der Waals surface area contributed by atoms with Crippen LogP contribution in [0.5, 0.6) is 0 Å². The third-order valence-corrected chi connectivity index (χ3v) is 4.46. The number of esters is 1.